The van der Waals surface area contributed by atoms with Gasteiger partial charge in [-0.3, -0.25) is 10.1 Å². The zero-order valence-electron chi connectivity index (χ0n) is 11.0. The minimum Gasteiger partial charge on any atom is -0.327 e. The van der Waals surface area contributed by atoms with Crippen LogP contribution in [0.4, 0.5) is 5.69 Å². The Morgan fingerprint density at radius 3 is 2.58 bits per heavy atom. The zero-order valence-corrected chi connectivity index (χ0v) is 11.8. The van der Waals surface area contributed by atoms with E-state index in [1.807, 2.05) is 12.1 Å². The van der Waals surface area contributed by atoms with Crippen LogP contribution in [0.3, 0.4) is 0 Å². The summed E-state index contributed by atoms with van der Waals surface area (Å²) in [5.74, 6) is 0. The summed E-state index contributed by atoms with van der Waals surface area (Å²) in [6, 6.07) is 7.10. The lowest BCUT2D eigenvalue weighted by atomic mass is 9.97. The van der Waals surface area contributed by atoms with Crippen LogP contribution in [0.2, 0.25) is 0 Å². The Bertz CT molecular complexity index is 439. The maximum atomic E-state index is 11.0. The van der Waals surface area contributed by atoms with Crippen LogP contribution in [0.25, 0.3) is 0 Å². The van der Waals surface area contributed by atoms with Gasteiger partial charge in [-0.05, 0) is 18.9 Å². The van der Waals surface area contributed by atoms with Crippen molar-refractivity contribution in [3.8, 4) is 0 Å². The number of nitro groups is 1. The normalized spacial score (nSPS) is 24.5. The number of hydrogen-bond donors (Lipinski definition) is 1. The molecule has 19 heavy (non-hydrogen) atoms. The van der Waals surface area contributed by atoms with E-state index in [9.17, 15) is 10.1 Å². The predicted octanol–water partition coefficient (Wildman–Crippen LogP) is 3.74. The Labute approximate surface area is 117 Å². The average molecular weight is 280 g/mol. The molecule has 0 heterocycles. The Hall–Kier alpha value is -1.07. The number of hydrogen-bond acceptors (Lipinski definition) is 4. The third-order valence-electron chi connectivity index (χ3n) is 3.59. The molecule has 1 fully saturated rings. The number of nitro benzene ring substituents is 1. The van der Waals surface area contributed by atoms with Crippen molar-refractivity contribution in [3.05, 3.63) is 34.4 Å². The molecule has 0 radical (unpaired) electrons. The van der Waals surface area contributed by atoms with E-state index in [0.29, 0.717) is 5.25 Å². The Kier molecular flexibility index (Phi) is 5.22. The fourth-order valence-electron chi connectivity index (χ4n) is 2.50. The summed E-state index contributed by atoms with van der Waals surface area (Å²) in [7, 11) is 0. The molecule has 0 amide bonds. The molecular formula is C14H20N2O2S. The Morgan fingerprint density at radius 1 is 1.16 bits per heavy atom. The maximum absolute atomic E-state index is 11.0. The van der Waals surface area contributed by atoms with Crippen molar-refractivity contribution in [1.29, 1.82) is 0 Å². The first-order chi connectivity index (χ1) is 9.18. The summed E-state index contributed by atoms with van der Waals surface area (Å²) >= 11 is 1.58. The zero-order chi connectivity index (χ0) is 13.7. The molecule has 0 aromatic heterocycles. The van der Waals surface area contributed by atoms with E-state index < -0.39 is 0 Å². The number of thioether (sulfide) groups is 1. The molecule has 0 saturated heterocycles. The number of para-hydroxylation sites is 1. The van der Waals surface area contributed by atoms with Gasteiger partial charge in [0.25, 0.3) is 5.69 Å². The van der Waals surface area contributed by atoms with E-state index >= 15 is 0 Å². The first-order valence-electron chi connectivity index (χ1n) is 6.84. The molecule has 0 aliphatic heterocycles. The van der Waals surface area contributed by atoms with Gasteiger partial charge in [0.15, 0.2) is 0 Å². The van der Waals surface area contributed by atoms with Crippen LogP contribution in [0.1, 0.15) is 38.5 Å². The third kappa shape index (κ3) is 3.94. The van der Waals surface area contributed by atoms with Gasteiger partial charge in [0.2, 0.25) is 0 Å². The quantitative estimate of drug-likeness (QED) is 0.676. The molecule has 2 unspecified atom stereocenters. The molecule has 4 nitrogen and oxygen atoms in total. The molecule has 5 heteroatoms. The molecule has 2 rings (SSSR count). The van der Waals surface area contributed by atoms with Crippen molar-refractivity contribution in [1.82, 2.24) is 0 Å². The number of benzene rings is 1. The number of rotatable bonds is 3. The summed E-state index contributed by atoms with van der Waals surface area (Å²) in [6.45, 7) is 0. The van der Waals surface area contributed by atoms with Crippen molar-refractivity contribution in [2.24, 2.45) is 5.73 Å². The van der Waals surface area contributed by atoms with Gasteiger partial charge in [0.1, 0.15) is 0 Å². The molecule has 1 aliphatic carbocycles. The lowest BCUT2D eigenvalue weighted by Gasteiger charge is -2.25. The summed E-state index contributed by atoms with van der Waals surface area (Å²) in [4.78, 5) is 11.5. The molecule has 0 spiro atoms. The highest BCUT2D eigenvalue weighted by atomic mass is 32.2. The molecule has 1 aliphatic rings. The van der Waals surface area contributed by atoms with Gasteiger partial charge in [0, 0.05) is 17.4 Å². The number of nitrogens with two attached hydrogens (primary N) is 1. The smallest absolute Gasteiger partial charge is 0.282 e. The second-order valence-electron chi connectivity index (χ2n) is 5.04. The topological polar surface area (TPSA) is 69.2 Å². The molecule has 1 saturated carbocycles. The first-order valence-corrected chi connectivity index (χ1v) is 7.72. The van der Waals surface area contributed by atoms with Crippen LogP contribution < -0.4 is 5.73 Å². The highest BCUT2D eigenvalue weighted by Gasteiger charge is 2.23. The minimum atomic E-state index is -0.309. The van der Waals surface area contributed by atoms with Gasteiger partial charge in [-0.2, -0.15) is 0 Å². The SMILES string of the molecule is NC1CCCCCCC1Sc1ccccc1[N+](=O)[O-]. The lowest BCUT2D eigenvalue weighted by molar-refractivity contribution is -0.387. The maximum Gasteiger partial charge on any atom is 0.282 e. The molecular weight excluding hydrogens is 260 g/mol. The number of nitrogens with zero attached hydrogens (tertiary/aromatic N) is 1. The molecule has 1 aromatic carbocycles. The van der Waals surface area contributed by atoms with Gasteiger partial charge < -0.3 is 5.73 Å². The van der Waals surface area contributed by atoms with Gasteiger partial charge in [-0.25, -0.2) is 0 Å². The lowest BCUT2D eigenvalue weighted by Crippen LogP contribution is -2.33. The van der Waals surface area contributed by atoms with Crippen LogP contribution in [0.5, 0.6) is 0 Å². The third-order valence-corrected chi connectivity index (χ3v) is 5.08. The Morgan fingerprint density at radius 2 is 1.84 bits per heavy atom. The van der Waals surface area contributed by atoms with Gasteiger partial charge in [0.05, 0.1) is 9.82 Å². The minimum absolute atomic E-state index is 0.144. The van der Waals surface area contributed by atoms with Crippen LogP contribution in [-0.2, 0) is 0 Å². The van der Waals surface area contributed by atoms with Crippen LogP contribution in [0, 0.1) is 10.1 Å². The molecule has 1 aromatic rings. The van der Waals surface area contributed by atoms with Crippen LogP contribution >= 0.6 is 11.8 Å². The second-order valence-corrected chi connectivity index (χ2v) is 6.32. The van der Waals surface area contributed by atoms with Crippen molar-refractivity contribution >= 4 is 17.4 Å². The second kappa shape index (κ2) is 6.91. The van der Waals surface area contributed by atoms with Crippen LogP contribution in [0.15, 0.2) is 29.2 Å². The molecule has 2 N–H and O–H groups in total. The largest absolute Gasteiger partial charge is 0.327 e. The van der Waals surface area contributed by atoms with Crippen molar-refractivity contribution in [2.75, 3.05) is 0 Å². The highest BCUT2D eigenvalue weighted by molar-refractivity contribution is 8.00. The standard InChI is InChI=1S/C14H20N2O2S/c15-11-7-3-1-2-4-9-13(11)19-14-10-6-5-8-12(14)16(17)18/h5-6,8,10-11,13H,1-4,7,9,15H2. The predicted molar refractivity (Wildman–Crippen MR) is 78.4 cm³/mol. The van der Waals surface area contributed by atoms with E-state index in [1.54, 1.807) is 23.9 Å². The van der Waals surface area contributed by atoms with Crippen molar-refractivity contribution < 1.29 is 4.92 Å². The molecule has 104 valence electrons. The van der Waals surface area contributed by atoms with Crippen molar-refractivity contribution in [3.63, 3.8) is 0 Å². The highest BCUT2D eigenvalue weighted by Crippen LogP contribution is 2.36. The average Bonchev–Trinajstić information content (AvgIpc) is 2.39. The van der Waals surface area contributed by atoms with E-state index in [0.717, 1.165) is 17.7 Å². The van der Waals surface area contributed by atoms with E-state index in [-0.39, 0.29) is 16.7 Å². The summed E-state index contributed by atoms with van der Waals surface area (Å²) in [5, 5.41) is 11.3. The van der Waals surface area contributed by atoms with E-state index in [1.165, 1.54) is 25.7 Å². The van der Waals surface area contributed by atoms with Crippen LogP contribution in [-0.4, -0.2) is 16.2 Å². The van der Waals surface area contributed by atoms with E-state index in [4.69, 9.17) is 5.73 Å². The summed E-state index contributed by atoms with van der Waals surface area (Å²) in [6.07, 6.45) is 6.94. The summed E-state index contributed by atoms with van der Waals surface area (Å²) < 4.78 is 0. The fraction of sp³-hybridized carbons (Fsp3) is 0.571. The van der Waals surface area contributed by atoms with E-state index in [2.05, 4.69) is 0 Å². The van der Waals surface area contributed by atoms with Gasteiger partial charge >= 0.3 is 0 Å². The Balaban J connectivity index is 2.12. The summed E-state index contributed by atoms with van der Waals surface area (Å²) in [5.41, 5.74) is 6.43. The molecule has 2 atom stereocenters. The van der Waals surface area contributed by atoms with Gasteiger partial charge in [-0.15, -0.1) is 11.8 Å². The monoisotopic (exact) mass is 280 g/mol. The molecule has 0 bridgehead atoms. The first kappa shape index (κ1) is 14.3. The van der Waals surface area contributed by atoms with Crippen molar-refractivity contribution in [2.45, 2.75) is 54.7 Å². The van der Waals surface area contributed by atoms with Gasteiger partial charge in [-0.1, -0.05) is 37.8 Å². The fourth-order valence-corrected chi connectivity index (χ4v) is 3.84.